The van der Waals surface area contributed by atoms with Crippen LogP contribution in [-0.2, 0) is 9.59 Å². The van der Waals surface area contributed by atoms with Gasteiger partial charge >= 0.3 is 5.97 Å². The van der Waals surface area contributed by atoms with E-state index in [0.29, 0.717) is 0 Å². The maximum atomic E-state index is 11.1. The number of Topliss-reactive ketones (excluding diaryl/α,β-unsaturated/α-hetero) is 1. The van der Waals surface area contributed by atoms with Crippen molar-refractivity contribution in [3.05, 3.63) is 11.6 Å². The second-order valence-electron chi connectivity index (χ2n) is 3.79. The van der Waals surface area contributed by atoms with E-state index in [1.165, 1.54) is 6.08 Å². The molecule has 0 aromatic heterocycles. The average molecular weight is 249 g/mol. The van der Waals surface area contributed by atoms with Crippen LogP contribution in [0.25, 0.3) is 0 Å². The molecule has 0 bridgehead atoms. The van der Waals surface area contributed by atoms with Crippen LogP contribution < -0.4 is 0 Å². The lowest BCUT2D eigenvalue weighted by atomic mass is 9.92. The van der Waals surface area contributed by atoms with Gasteiger partial charge in [-0.3, -0.25) is 4.79 Å². The molecule has 0 saturated carbocycles. The third-order valence-electron chi connectivity index (χ3n) is 1.23. The van der Waals surface area contributed by atoms with Gasteiger partial charge in [-0.2, -0.15) is 0 Å². The van der Waals surface area contributed by atoms with E-state index >= 15 is 0 Å². The predicted molar refractivity (Wildman–Crippen MR) is 54.0 cm³/mol. The molecule has 0 atom stereocenters. The van der Waals surface area contributed by atoms with Gasteiger partial charge in [0.2, 0.25) is 0 Å². The normalized spacial score (nSPS) is 12.8. The zero-order valence-corrected chi connectivity index (χ0v) is 9.51. The van der Waals surface area contributed by atoms with Crippen molar-refractivity contribution in [2.24, 2.45) is 5.41 Å². The third kappa shape index (κ3) is 4.83. The van der Waals surface area contributed by atoms with Gasteiger partial charge in [0.25, 0.3) is 0 Å². The molecule has 0 fully saturated rings. The van der Waals surface area contributed by atoms with Crippen LogP contribution in [0.1, 0.15) is 20.8 Å². The van der Waals surface area contributed by atoms with Crippen molar-refractivity contribution in [1.82, 2.24) is 0 Å². The number of carbonyl (C=O) groups excluding carboxylic acids is 1. The molecule has 0 aliphatic rings. The standard InChI is InChI=1S/C9H13BrO3/c1-9(2,3)4-6(8(12)13)7(11)5-10/h4H,5H2,1-3H3,(H,12,13). The summed E-state index contributed by atoms with van der Waals surface area (Å²) in [5, 5.41) is 8.77. The lowest BCUT2D eigenvalue weighted by molar-refractivity contribution is -0.134. The van der Waals surface area contributed by atoms with Gasteiger partial charge in [-0.1, -0.05) is 42.8 Å². The molecule has 0 spiro atoms. The Labute approximate surface area is 86.0 Å². The first-order valence-electron chi connectivity index (χ1n) is 3.83. The van der Waals surface area contributed by atoms with Crippen LogP contribution in [0.3, 0.4) is 0 Å². The second-order valence-corrected chi connectivity index (χ2v) is 4.35. The van der Waals surface area contributed by atoms with E-state index in [-0.39, 0.29) is 16.3 Å². The Hall–Kier alpha value is -0.640. The third-order valence-corrected chi connectivity index (χ3v) is 1.74. The van der Waals surface area contributed by atoms with Gasteiger partial charge in [0, 0.05) is 0 Å². The first-order chi connectivity index (χ1) is 5.78. The Morgan fingerprint density at radius 2 is 1.85 bits per heavy atom. The monoisotopic (exact) mass is 248 g/mol. The van der Waals surface area contributed by atoms with Crippen LogP contribution in [0.5, 0.6) is 0 Å². The SMILES string of the molecule is CC(C)(C)C=C(C(=O)O)C(=O)CBr. The maximum Gasteiger partial charge on any atom is 0.339 e. The maximum absolute atomic E-state index is 11.1. The number of halogens is 1. The Kier molecular flexibility index (Phi) is 4.33. The Balaban J connectivity index is 4.93. The predicted octanol–water partition coefficient (Wildman–Crippen LogP) is 2.01. The number of carboxylic acid groups (broad SMARTS) is 1. The van der Waals surface area contributed by atoms with E-state index in [1.807, 2.05) is 20.8 Å². The fourth-order valence-electron chi connectivity index (χ4n) is 0.766. The molecular formula is C9H13BrO3. The quantitative estimate of drug-likeness (QED) is 0.360. The molecule has 0 heterocycles. The van der Waals surface area contributed by atoms with E-state index in [0.717, 1.165) is 0 Å². The highest BCUT2D eigenvalue weighted by atomic mass is 79.9. The van der Waals surface area contributed by atoms with Crippen molar-refractivity contribution in [2.75, 3.05) is 5.33 Å². The molecular weight excluding hydrogens is 236 g/mol. The van der Waals surface area contributed by atoms with Crippen LogP contribution >= 0.6 is 15.9 Å². The fourth-order valence-corrected chi connectivity index (χ4v) is 1.07. The molecule has 1 N–H and O–H groups in total. The largest absolute Gasteiger partial charge is 0.478 e. The first kappa shape index (κ1) is 12.4. The summed E-state index contributed by atoms with van der Waals surface area (Å²) in [6.45, 7) is 5.53. The number of aliphatic carboxylic acids is 1. The number of ketones is 1. The minimum Gasteiger partial charge on any atom is -0.478 e. The van der Waals surface area contributed by atoms with Gasteiger partial charge in [-0.25, -0.2) is 4.79 Å². The van der Waals surface area contributed by atoms with E-state index < -0.39 is 11.8 Å². The van der Waals surface area contributed by atoms with Gasteiger partial charge in [0.05, 0.1) is 10.9 Å². The second kappa shape index (κ2) is 4.56. The van der Waals surface area contributed by atoms with Gasteiger partial charge in [-0.05, 0) is 5.41 Å². The van der Waals surface area contributed by atoms with Crippen LogP contribution in [0.4, 0.5) is 0 Å². The molecule has 0 rings (SSSR count). The van der Waals surface area contributed by atoms with Crippen molar-refractivity contribution in [2.45, 2.75) is 20.8 Å². The van der Waals surface area contributed by atoms with Crippen molar-refractivity contribution in [3.63, 3.8) is 0 Å². The number of carboxylic acids is 1. The summed E-state index contributed by atoms with van der Waals surface area (Å²) < 4.78 is 0. The number of carbonyl (C=O) groups is 2. The smallest absolute Gasteiger partial charge is 0.339 e. The topological polar surface area (TPSA) is 54.4 Å². The molecule has 3 nitrogen and oxygen atoms in total. The highest BCUT2D eigenvalue weighted by Crippen LogP contribution is 2.18. The Morgan fingerprint density at radius 1 is 1.38 bits per heavy atom. The zero-order valence-electron chi connectivity index (χ0n) is 7.93. The summed E-state index contributed by atoms with van der Waals surface area (Å²) in [5.41, 5.74) is -0.449. The van der Waals surface area contributed by atoms with Crippen LogP contribution in [0, 0.1) is 5.41 Å². The summed E-state index contributed by atoms with van der Waals surface area (Å²) in [7, 11) is 0. The van der Waals surface area contributed by atoms with Gasteiger partial charge < -0.3 is 5.11 Å². The number of alkyl halides is 1. The molecule has 0 aromatic carbocycles. The number of hydrogen-bond acceptors (Lipinski definition) is 2. The van der Waals surface area contributed by atoms with Crippen molar-refractivity contribution >= 4 is 27.7 Å². The summed E-state index contributed by atoms with van der Waals surface area (Å²) in [6, 6.07) is 0. The number of allylic oxidation sites excluding steroid dienone is 1. The Bertz CT molecular complexity index is 248. The van der Waals surface area contributed by atoms with E-state index in [4.69, 9.17) is 5.11 Å². The Morgan fingerprint density at radius 3 is 2.08 bits per heavy atom. The summed E-state index contributed by atoms with van der Waals surface area (Å²) in [6.07, 6.45) is 1.47. The average Bonchev–Trinajstić information content (AvgIpc) is 1.96. The molecule has 0 aliphatic carbocycles. The van der Waals surface area contributed by atoms with Crippen LogP contribution in [0.15, 0.2) is 11.6 Å². The highest BCUT2D eigenvalue weighted by molar-refractivity contribution is 9.09. The summed E-state index contributed by atoms with van der Waals surface area (Å²) in [5.74, 6) is -1.57. The molecule has 0 aromatic rings. The lowest BCUT2D eigenvalue weighted by Gasteiger charge is -2.13. The van der Waals surface area contributed by atoms with E-state index in [9.17, 15) is 9.59 Å². The molecule has 0 amide bonds. The first-order valence-corrected chi connectivity index (χ1v) is 4.95. The fraction of sp³-hybridized carbons (Fsp3) is 0.556. The molecule has 0 radical (unpaired) electrons. The minimum absolute atomic E-state index is 0.0429. The molecule has 13 heavy (non-hydrogen) atoms. The van der Waals surface area contributed by atoms with E-state index in [1.54, 1.807) is 0 Å². The number of rotatable bonds is 3. The summed E-state index contributed by atoms with van der Waals surface area (Å²) >= 11 is 2.94. The van der Waals surface area contributed by atoms with Crippen LogP contribution in [0.2, 0.25) is 0 Å². The van der Waals surface area contributed by atoms with Crippen molar-refractivity contribution in [3.8, 4) is 0 Å². The number of hydrogen-bond donors (Lipinski definition) is 1. The molecule has 0 saturated heterocycles. The van der Waals surface area contributed by atoms with Crippen molar-refractivity contribution in [1.29, 1.82) is 0 Å². The van der Waals surface area contributed by atoms with Gasteiger partial charge in [0.1, 0.15) is 0 Å². The van der Waals surface area contributed by atoms with E-state index in [2.05, 4.69) is 15.9 Å². The molecule has 0 aliphatic heterocycles. The zero-order chi connectivity index (χ0) is 10.6. The van der Waals surface area contributed by atoms with Gasteiger partial charge in [0.15, 0.2) is 5.78 Å². The van der Waals surface area contributed by atoms with Crippen molar-refractivity contribution < 1.29 is 14.7 Å². The van der Waals surface area contributed by atoms with Gasteiger partial charge in [-0.15, -0.1) is 0 Å². The summed E-state index contributed by atoms with van der Waals surface area (Å²) in [4.78, 5) is 21.8. The highest BCUT2D eigenvalue weighted by Gasteiger charge is 2.19. The molecule has 0 unspecified atom stereocenters. The molecule has 74 valence electrons. The lowest BCUT2D eigenvalue weighted by Crippen LogP contribution is -2.16. The minimum atomic E-state index is -1.17. The van der Waals surface area contributed by atoms with Crippen LogP contribution in [-0.4, -0.2) is 22.2 Å². The molecule has 4 heteroatoms.